The SMILES string of the molecule is Cc1cccc(N2CCN(c3ccc4c(c3)ncn4CC(=O)O)CC2)c1. The van der Waals surface area contributed by atoms with E-state index < -0.39 is 5.97 Å². The fourth-order valence-electron chi connectivity index (χ4n) is 3.57. The van der Waals surface area contributed by atoms with Gasteiger partial charge < -0.3 is 19.5 Å². The zero-order valence-electron chi connectivity index (χ0n) is 14.8. The maximum absolute atomic E-state index is 10.9. The van der Waals surface area contributed by atoms with E-state index in [2.05, 4.69) is 58.1 Å². The molecular formula is C20H22N4O2. The number of fused-ring (bicyclic) bond motifs is 1. The second kappa shape index (κ2) is 6.71. The molecule has 0 saturated carbocycles. The lowest BCUT2D eigenvalue weighted by molar-refractivity contribution is -0.137. The van der Waals surface area contributed by atoms with E-state index >= 15 is 0 Å². The van der Waals surface area contributed by atoms with Crippen molar-refractivity contribution in [1.29, 1.82) is 0 Å². The van der Waals surface area contributed by atoms with Gasteiger partial charge in [0, 0.05) is 37.6 Å². The van der Waals surface area contributed by atoms with Gasteiger partial charge in [-0.25, -0.2) is 4.98 Å². The quantitative estimate of drug-likeness (QED) is 0.784. The fourth-order valence-corrected chi connectivity index (χ4v) is 3.57. The third-order valence-electron chi connectivity index (χ3n) is 4.92. The summed E-state index contributed by atoms with van der Waals surface area (Å²) in [6.07, 6.45) is 1.60. The van der Waals surface area contributed by atoms with Gasteiger partial charge in [-0.2, -0.15) is 0 Å². The third kappa shape index (κ3) is 3.22. The first-order valence-corrected chi connectivity index (χ1v) is 8.83. The Hall–Kier alpha value is -3.02. The second-order valence-corrected chi connectivity index (χ2v) is 6.75. The first-order valence-electron chi connectivity index (χ1n) is 8.83. The topological polar surface area (TPSA) is 61.6 Å². The number of aromatic nitrogens is 2. The molecule has 1 N–H and O–H groups in total. The lowest BCUT2D eigenvalue weighted by Crippen LogP contribution is -2.46. The van der Waals surface area contributed by atoms with Crippen LogP contribution >= 0.6 is 0 Å². The molecule has 0 amide bonds. The van der Waals surface area contributed by atoms with E-state index in [0.29, 0.717) is 0 Å². The van der Waals surface area contributed by atoms with Gasteiger partial charge in [-0.3, -0.25) is 4.79 Å². The van der Waals surface area contributed by atoms with Crippen LogP contribution in [0.1, 0.15) is 5.56 Å². The number of carbonyl (C=O) groups is 1. The molecule has 2 aromatic carbocycles. The normalized spacial score (nSPS) is 14.8. The molecule has 0 aliphatic carbocycles. The molecule has 3 aromatic rings. The predicted molar refractivity (Wildman–Crippen MR) is 103 cm³/mol. The molecule has 134 valence electrons. The van der Waals surface area contributed by atoms with Crippen LogP contribution in [0.2, 0.25) is 0 Å². The summed E-state index contributed by atoms with van der Waals surface area (Å²) < 4.78 is 1.66. The summed E-state index contributed by atoms with van der Waals surface area (Å²) in [7, 11) is 0. The number of hydrogen-bond acceptors (Lipinski definition) is 4. The Labute approximate surface area is 152 Å². The van der Waals surface area contributed by atoms with Crippen LogP contribution in [0.15, 0.2) is 48.8 Å². The van der Waals surface area contributed by atoms with Gasteiger partial charge in [0.2, 0.25) is 0 Å². The summed E-state index contributed by atoms with van der Waals surface area (Å²) in [5.41, 5.74) is 5.40. The molecular weight excluding hydrogens is 328 g/mol. The highest BCUT2D eigenvalue weighted by Crippen LogP contribution is 2.24. The van der Waals surface area contributed by atoms with Gasteiger partial charge in [-0.05, 0) is 42.8 Å². The maximum atomic E-state index is 10.9. The van der Waals surface area contributed by atoms with Crippen LogP contribution in [-0.2, 0) is 11.3 Å². The number of aryl methyl sites for hydroxylation is 1. The first kappa shape index (κ1) is 16.4. The zero-order valence-corrected chi connectivity index (χ0v) is 14.8. The van der Waals surface area contributed by atoms with Crippen LogP contribution < -0.4 is 9.80 Å². The smallest absolute Gasteiger partial charge is 0.323 e. The van der Waals surface area contributed by atoms with E-state index in [4.69, 9.17) is 5.11 Å². The number of benzene rings is 2. The van der Waals surface area contributed by atoms with Crippen molar-refractivity contribution < 1.29 is 9.90 Å². The van der Waals surface area contributed by atoms with Crippen LogP contribution in [0.4, 0.5) is 11.4 Å². The van der Waals surface area contributed by atoms with E-state index in [9.17, 15) is 4.79 Å². The minimum atomic E-state index is -0.861. The van der Waals surface area contributed by atoms with Crippen molar-refractivity contribution in [3.63, 3.8) is 0 Å². The zero-order chi connectivity index (χ0) is 18.1. The van der Waals surface area contributed by atoms with Gasteiger partial charge in [0.1, 0.15) is 6.54 Å². The Morgan fingerprint density at radius 3 is 2.38 bits per heavy atom. The van der Waals surface area contributed by atoms with Crippen molar-refractivity contribution in [1.82, 2.24) is 9.55 Å². The number of anilines is 2. The van der Waals surface area contributed by atoms with E-state index in [0.717, 1.165) is 42.9 Å². The van der Waals surface area contributed by atoms with Crippen molar-refractivity contribution in [2.24, 2.45) is 0 Å². The maximum Gasteiger partial charge on any atom is 0.323 e. The number of nitrogens with zero attached hydrogens (tertiary/aromatic N) is 4. The number of rotatable bonds is 4. The molecule has 0 atom stereocenters. The average molecular weight is 350 g/mol. The standard InChI is InChI=1S/C20H22N4O2/c1-15-3-2-4-16(11-15)22-7-9-23(10-8-22)17-5-6-19-18(12-17)21-14-24(19)13-20(25)26/h2-6,11-12,14H,7-10,13H2,1H3,(H,25,26). The lowest BCUT2D eigenvalue weighted by Gasteiger charge is -2.37. The molecule has 1 aromatic heterocycles. The van der Waals surface area contributed by atoms with Crippen molar-refractivity contribution in [2.75, 3.05) is 36.0 Å². The molecule has 4 rings (SSSR count). The van der Waals surface area contributed by atoms with Crippen LogP contribution in [0.25, 0.3) is 11.0 Å². The van der Waals surface area contributed by atoms with Gasteiger partial charge in [-0.15, -0.1) is 0 Å². The van der Waals surface area contributed by atoms with Gasteiger partial charge in [0.15, 0.2) is 0 Å². The molecule has 0 radical (unpaired) electrons. The number of hydrogen-bond donors (Lipinski definition) is 1. The van der Waals surface area contributed by atoms with E-state index in [-0.39, 0.29) is 6.54 Å². The summed E-state index contributed by atoms with van der Waals surface area (Å²) in [5.74, 6) is -0.861. The number of carboxylic acids is 1. The highest BCUT2D eigenvalue weighted by Gasteiger charge is 2.18. The lowest BCUT2D eigenvalue weighted by atomic mass is 10.1. The minimum absolute atomic E-state index is 0.0645. The summed E-state index contributed by atoms with van der Waals surface area (Å²) >= 11 is 0. The second-order valence-electron chi connectivity index (χ2n) is 6.75. The number of aliphatic carboxylic acids is 1. The molecule has 0 unspecified atom stereocenters. The van der Waals surface area contributed by atoms with Crippen LogP contribution in [0.5, 0.6) is 0 Å². The monoisotopic (exact) mass is 350 g/mol. The summed E-state index contributed by atoms with van der Waals surface area (Å²) in [4.78, 5) is 20.1. The first-order chi connectivity index (χ1) is 12.6. The molecule has 0 bridgehead atoms. The predicted octanol–water partition coefficient (Wildman–Crippen LogP) is 2.76. The molecule has 26 heavy (non-hydrogen) atoms. The molecule has 6 heteroatoms. The minimum Gasteiger partial charge on any atom is -0.480 e. The van der Waals surface area contributed by atoms with Crippen LogP contribution in [0.3, 0.4) is 0 Å². The highest BCUT2D eigenvalue weighted by molar-refractivity contribution is 5.81. The molecule has 1 aliphatic heterocycles. The van der Waals surface area contributed by atoms with Gasteiger partial charge in [0.05, 0.1) is 17.4 Å². The molecule has 2 heterocycles. The Balaban J connectivity index is 1.48. The van der Waals surface area contributed by atoms with Gasteiger partial charge in [0.25, 0.3) is 0 Å². The Bertz CT molecular complexity index is 942. The molecule has 6 nitrogen and oxygen atoms in total. The van der Waals surface area contributed by atoms with Gasteiger partial charge in [-0.1, -0.05) is 12.1 Å². The van der Waals surface area contributed by atoms with E-state index in [1.807, 2.05) is 6.07 Å². The number of imidazole rings is 1. The average Bonchev–Trinajstić information content (AvgIpc) is 3.03. The number of piperazine rings is 1. The molecule has 1 saturated heterocycles. The Morgan fingerprint density at radius 1 is 1.04 bits per heavy atom. The summed E-state index contributed by atoms with van der Waals surface area (Å²) in [6, 6.07) is 14.7. The Morgan fingerprint density at radius 2 is 1.73 bits per heavy atom. The fraction of sp³-hybridized carbons (Fsp3) is 0.300. The third-order valence-corrected chi connectivity index (χ3v) is 4.92. The van der Waals surface area contributed by atoms with Gasteiger partial charge >= 0.3 is 5.97 Å². The van der Waals surface area contributed by atoms with Crippen molar-refractivity contribution in [3.8, 4) is 0 Å². The van der Waals surface area contributed by atoms with Crippen LogP contribution in [0, 0.1) is 6.92 Å². The van der Waals surface area contributed by atoms with Crippen molar-refractivity contribution in [2.45, 2.75) is 13.5 Å². The summed E-state index contributed by atoms with van der Waals surface area (Å²) in [5, 5.41) is 8.98. The van der Waals surface area contributed by atoms with Crippen molar-refractivity contribution >= 4 is 28.4 Å². The summed E-state index contributed by atoms with van der Waals surface area (Å²) in [6.45, 7) is 5.93. The van der Waals surface area contributed by atoms with E-state index in [1.54, 1.807) is 10.9 Å². The van der Waals surface area contributed by atoms with E-state index in [1.165, 1.54) is 11.3 Å². The molecule has 0 spiro atoms. The molecule has 1 aliphatic rings. The molecule has 1 fully saturated rings. The van der Waals surface area contributed by atoms with Crippen molar-refractivity contribution in [3.05, 3.63) is 54.4 Å². The number of carboxylic acid groups (broad SMARTS) is 1. The highest BCUT2D eigenvalue weighted by atomic mass is 16.4. The largest absolute Gasteiger partial charge is 0.480 e. The Kier molecular flexibility index (Phi) is 4.24. The van der Waals surface area contributed by atoms with Crippen LogP contribution in [-0.4, -0.2) is 46.8 Å².